The molecule has 8 nitrogen and oxygen atoms in total. The van der Waals surface area contributed by atoms with E-state index in [1.54, 1.807) is 18.5 Å². The summed E-state index contributed by atoms with van der Waals surface area (Å²) in [4.78, 5) is 29.8. The predicted molar refractivity (Wildman–Crippen MR) is 183 cm³/mol. The van der Waals surface area contributed by atoms with E-state index < -0.39 is 29.0 Å². The fourth-order valence-electron chi connectivity index (χ4n) is 7.83. The van der Waals surface area contributed by atoms with E-state index in [4.69, 9.17) is 12.8 Å². The minimum absolute atomic E-state index is 0.0379. The van der Waals surface area contributed by atoms with Gasteiger partial charge in [0.15, 0.2) is 0 Å². The molecule has 1 N–H and O–H groups in total. The van der Waals surface area contributed by atoms with Crippen molar-refractivity contribution in [1.29, 1.82) is 0 Å². The summed E-state index contributed by atoms with van der Waals surface area (Å²) in [7, 11) is 1.90. The number of aryl methyl sites for hydroxylation is 1. The van der Waals surface area contributed by atoms with Gasteiger partial charge in [0.1, 0.15) is 12.2 Å². The van der Waals surface area contributed by atoms with E-state index in [0.29, 0.717) is 55.9 Å². The highest BCUT2D eigenvalue weighted by molar-refractivity contribution is 6.10. The second-order valence-electron chi connectivity index (χ2n) is 13.8. The maximum Gasteiger partial charge on any atom is 0.416 e. The van der Waals surface area contributed by atoms with Crippen molar-refractivity contribution in [3.8, 4) is 36.5 Å². The standard InChI is InChI=1S/C39H39F3N6O2/c1-5-7-8-9-10-14-35(49)44-30-15-27(6-2)21-47(23-30)22-28-16-32-33(34(17-28)39(40,41)42)24-48(36(32)50)31-13-11-12-29(18-31)38(19-26(3)20-38)37-45-43-25-46(37)4/h1-2,11-13,16-18,25-27,30H,7-9,15,19-24H2,3-4H3,(H,44,49)/t26?,27-,30+,38?/m1/s1. The van der Waals surface area contributed by atoms with Gasteiger partial charge in [0.25, 0.3) is 11.8 Å². The van der Waals surface area contributed by atoms with Crippen LogP contribution in [0.1, 0.15) is 83.9 Å². The maximum atomic E-state index is 14.6. The third-order valence-corrected chi connectivity index (χ3v) is 9.98. The molecule has 11 heteroatoms. The summed E-state index contributed by atoms with van der Waals surface area (Å²) in [5.74, 6) is 10.8. The van der Waals surface area contributed by atoms with Gasteiger partial charge >= 0.3 is 6.18 Å². The van der Waals surface area contributed by atoms with E-state index in [9.17, 15) is 22.8 Å². The first-order valence-corrected chi connectivity index (χ1v) is 16.8. The molecular formula is C39H39F3N6O2. The number of nitrogens with zero attached hydrogens (tertiary/aromatic N) is 5. The number of nitrogens with one attached hydrogen (secondary N) is 1. The SMILES string of the molecule is C#CCCCC#CC(=O)N[C@H]1C[C@@H](C#C)CN(Cc2cc3c(c(C(F)(F)F)c2)CN(c2cccc(C4(c5nncn5C)CC(C)C4)c2)C3=O)C1. The lowest BCUT2D eigenvalue weighted by Crippen LogP contribution is -2.50. The normalized spacial score (nSPS) is 23.2. The zero-order valence-electron chi connectivity index (χ0n) is 28.2. The van der Waals surface area contributed by atoms with Gasteiger partial charge < -0.3 is 14.8 Å². The molecule has 1 aliphatic carbocycles. The number of likely N-dealkylation sites (tertiary alicyclic amines) is 1. The van der Waals surface area contributed by atoms with E-state index >= 15 is 0 Å². The fourth-order valence-corrected chi connectivity index (χ4v) is 7.83. The van der Waals surface area contributed by atoms with Gasteiger partial charge in [-0.25, -0.2) is 0 Å². The van der Waals surface area contributed by atoms with Gasteiger partial charge in [0.05, 0.1) is 17.5 Å². The zero-order chi connectivity index (χ0) is 35.6. The van der Waals surface area contributed by atoms with E-state index in [2.05, 4.69) is 46.1 Å². The number of carbonyl (C=O) groups excluding carboxylic acids is 2. The van der Waals surface area contributed by atoms with Crippen LogP contribution in [0, 0.1) is 48.4 Å². The van der Waals surface area contributed by atoms with Crippen LogP contribution < -0.4 is 10.2 Å². The quantitative estimate of drug-likeness (QED) is 0.253. The molecule has 2 amide bonds. The van der Waals surface area contributed by atoms with E-state index in [1.807, 2.05) is 34.7 Å². The molecule has 2 aromatic carbocycles. The van der Waals surface area contributed by atoms with Crippen molar-refractivity contribution in [3.63, 3.8) is 0 Å². The van der Waals surface area contributed by atoms with E-state index in [0.717, 1.165) is 30.3 Å². The molecule has 1 aromatic heterocycles. The van der Waals surface area contributed by atoms with Crippen LogP contribution in [0.2, 0.25) is 0 Å². The Kier molecular flexibility index (Phi) is 9.78. The van der Waals surface area contributed by atoms with E-state index in [1.165, 1.54) is 4.90 Å². The number of hydrogen-bond donors (Lipinski definition) is 1. The third-order valence-electron chi connectivity index (χ3n) is 9.98. The Labute approximate surface area is 290 Å². The summed E-state index contributed by atoms with van der Waals surface area (Å²) in [6, 6.07) is 9.88. The minimum atomic E-state index is -4.67. The van der Waals surface area contributed by atoms with Crippen molar-refractivity contribution in [2.75, 3.05) is 18.0 Å². The third kappa shape index (κ3) is 6.99. The lowest BCUT2D eigenvalue weighted by atomic mass is 9.58. The number of anilines is 1. The second kappa shape index (κ2) is 14.1. The van der Waals surface area contributed by atoms with Gasteiger partial charge in [-0.1, -0.05) is 25.0 Å². The fraction of sp³-hybridized carbons (Fsp3) is 0.436. The Hall–Kier alpha value is -5.05. The number of benzene rings is 2. The first-order valence-electron chi connectivity index (χ1n) is 16.8. The number of terminal acetylenes is 2. The lowest BCUT2D eigenvalue weighted by Gasteiger charge is -2.46. The number of rotatable bonds is 8. The number of alkyl halides is 3. The number of carbonyl (C=O) groups is 2. The monoisotopic (exact) mass is 680 g/mol. The Morgan fingerprint density at radius 2 is 1.94 bits per heavy atom. The number of hydrogen-bond acceptors (Lipinski definition) is 5. The maximum absolute atomic E-state index is 14.6. The summed E-state index contributed by atoms with van der Waals surface area (Å²) >= 11 is 0. The van der Waals surface area contributed by atoms with Gasteiger partial charge in [-0.3, -0.25) is 14.5 Å². The highest BCUT2D eigenvalue weighted by Gasteiger charge is 2.48. The molecule has 0 radical (unpaired) electrons. The molecule has 3 aromatic rings. The van der Waals surface area contributed by atoms with Crippen LogP contribution in [0.5, 0.6) is 0 Å². The largest absolute Gasteiger partial charge is 0.416 e. The molecule has 3 aliphatic rings. The number of fused-ring (bicyclic) bond motifs is 1. The van der Waals surface area contributed by atoms with Crippen LogP contribution in [0.25, 0.3) is 0 Å². The van der Waals surface area contributed by atoms with Crippen LogP contribution >= 0.6 is 0 Å². The first kappa shape index (κ1) is 34.8. The van der Waals surface area contributed by atoms with Crippen molar-refractivity contribution in [1.82, 2.24) is 25.0 Å². The van der Waals surface area contributed by atoms with Crippen LogP contribution in [0.3, 0.4) is 0 Å². The molecular weight excluding hydrogens is 641 g/mol. The molecule has 2 aliphatic heterocycles. The topological polar surface area (TPSA) is 83.4 Å². The number of piperidine rings is 1. The molecule has 2 atom stereocenters. The van der Waals surface area contributed by atoms with Crippen LogP contribution in [0.15, 0.2) is 42.7 Å². The number of aromatic nitrogens is 3. The molecule has 1 saturated heterocycles. The smallest absolute Gasteiger partial charge is 0.341 e. The molecule has 0 unspecified atom stereocenters. The van der Waals surface area contributed by atoms with Crippen LogP contribution in [-0.2, 0) is 36.5 Å². The number of amides is 2. The number of unbranched alkanes of at least 4 members (excludes halogenated alkanes) is 2. The van der Waals surface area contributed by atoms with Gasteiger partial charge in [0.2, 0.25) is 0 Å². The van der Waals surface area contributed by atoms with Gasteiger partial charge in [-0.15, -0.1) is 34.9 Å². The van der Waals surface area contributed by atoms with Gasteiger partial charge in [0, 0.05) is 62.7 Å². The number of halogens is 3. The highest BCUT2D eigenvalue weighted by Crippen LogP contribution is 2.52. The van der Waals surface area contributed by atoms with Crippen LogP contribution in [0.4, 0.5) is 18.9 Å². The van der Waals surface area contributed by atoms with Gasteiger partial charge in [-0.05, 0) is 78.5 Å². The first-order chi connectivity index (χ1) is 23.9. The van der Waals surface area contributed by atoms with Crippen LogP contribution in [-0.4, -0.2) is 50.6 Å². The van der Waals surface area contributed by atoms with Crippen molar-refractivity contribution in [2.24, 2.45) is 18.9 Å². The lowest BCUT2D eigenvalue weighted by molar-refractivity contribution is -0.138. The Balaban J connectivity index is 1.23. The predicted octanol–water partition coefficient (Wildman–Crippen LogP) is 5.46. The summed E-state index contributed by atoms with van der Waals surface area (Å²) < 4.78 is 45.7. The van der Waals surface area contributed by atoms with E-state index in [-0.39, 0.29) is 36.2 Å². The van der Waals surface area contributed by atoms with Crippen molar-refractivity contribution in [3.05, 3.63) is 76.4 Å². The van der Waals surface area contributed by atoms with Crippen molar-refractivity contribution >= 4 is 17.5 Å². The Morgan fingerprint density at radius 3 is 2.62 bits per heavy atom. The molecule has 0 spiro atoms. The molecule has 3 heterocycles. The molecule has 2 fully saturated rings. The summed E-state index contributed by atoms with van der Waals surface area (Å²) in [5.41, 5.74) is 0.618. The summed E-state index contributed by atoms with van der Waals surface area (Å²) in [6.07, 6.45) is 12.0. The van der Waals surface area contributed by atoms with Crippen molar-refractivity contribution < 1.29 is 22.8 Å². The molecule has 0 bridgehead atoms. The Bertz CT molecular complexity index is 1940. The second-order valence-corrected chi connectivity index (χ2v) is 13.8. The average molecular weight is 681 g/mol. The van der Waals surface area contributed by atoms with Gasteiger partial charge in [-0.2, -0.15) is 13.2 Å². The zero-order valence-corrected chi connectivity index (χ0v) is 28.2. The Morgan fingerprint density at radius 1 is 1.14 bits per heavy atom. The average Bonchev–Trinajstić information content (AvgIpc) is 3.64. The van der Waals surface area contributed by atoms with Crippen molar-refractivity contribution in [2.45, 2.75) is 76.2 Å². The minimum Gasteiger partial charge on any atom is -0.341 e. The molecule has 1 saturated carbocycles. The summed E-state index contributed by atoms with van der Waals surface area (Å²) in [5, 5.41) is 11.4. The summed E-state index contributed by atoms with van der Waals surface area (Å²) in [6.45, 7) is 2.92. The highest BCUT2D eigenvalue weighted by atomic mass is 19.4. The molecule has 6 rings (SSSR count). The molecule has 50 heavy (non-hydrogen) atoms. The molecule has 258 valence electrons.